The van der Waals surface area contributed by atoms with Gasteiger partial charge in [-0.1, -0.05) is 37.8 Å². The second-order valence-corrected chi connectivity index (χ2v) is 4.87. The van der Waals surface area contributed by atoms with Gasteiger partial charge in [-0.15, -0.1) is 0 Å². The molecule has 0 aromatic heterocycles. The smallest absolute Gasteiger partial charge is 0.247 e. The van der Waals surface area contributed by atoms with E-state index in [0.717, 1.165) is 29.1 Å². The van der Waals surface area contributed by atoms with Crippen LogP contribution in [0.2, 0.25) is 0 Å². The van der Waals surface area contributed by atoms with Crippen molar-refractivity contribution in [1.29, 1.82) is 0 Å². The van der Waals surface area contributed by atoms with Crippen LogP contribution in [0, 0.1) is 0 Å². The lowest BCUT2D eigenvalue weighted by atomic mass is 10.1. The molecule has 0 unspecified atom stereocenters. The van der Waals surface area contributed by atoms with Gasteiger partial charge in [-0.2, -0.15) is 0 Å². The zero-order valence-corrected chi connectivity index (χ0v) is 13.4. The van der Waals surface area contributed by atoms with Gasteiger partial charge in [-0.25, -0.2) is 4.99 Å². The van der Waals surface area contributed by atoms with E-state index in [1.807, 2.05) is 44.3 Å². The Morgan fingerprint density at radius 3 is 2.32 bits per heavy atom. The van der Waals surface area contributed by atoms with Gasteiger partial charge in [-0.3, -0.25) is 4.79 Å². The Labute approximate surface area is 132 Å². The quantitative estimate of drug-likeness (QED) is 0.351. The summed E-state index contributed by atoms with van der Waals surface area (Å²) in [6.07, 6.45) is 3.94. The lowest BCUT2D eigenvalue weighted by Crippen LogP contribution is -2.12. The number of anilines is 2. The van der Waals surface area contributed by atoms with E-state index >= 15 is 0 Å². The molecule has 22 heavy (non-hydrogen) atoms. The van der Waals surface area contributed by atoms with Gasteiger partial charge in [-0.05, 0) is 44.1 Å². The molecule has 2 N–H and O–H groups in total. The number of amidine groups is 1. The van der Waals surface area contributed by atoms with Crippen molar-refractivity contribution in [3.8, 4) is 0 Å². The molecule has 0 bridgehead atoms. The molecular weight excluding hydrogens is 274 g/mol. The molecule has 4 heteroatoms. The van der Waals surface area contributed by atoms with E-state index in [-0.39, 0.29) is 5.91 Å². The number of hydrogen-bond donors (Lipinski definition) is 2. The van der Waals surface area contributed by atoms with E-state index in [9.17, 15) is 4.79 Å². The Hall–Kier alpha value is -2.62. The highest BCUT2D eigenvalue weighted by Crippen LogP contribution is 2.21. The zero-order valence-electron chi connectivity index (χ0n) is 13.4. The highest BCUT2D eigenvalue weighted by molar-refractivity contribution is 6.04. The fourth-order valence-corrected chi connectivity index (χ4v) is 1.79. The van der Waals surface area contributed by atoms with Gasteiger partial charge in [0.25, 0.3) is 0 Å². The van der Waals surface area contributed by atoms with Crippen LogP contribution in [-0.4, -0.2) is 11.7 Å². The molecular formula is C18H23N3O. The molecule has 0 aliphatic heterocycles. The number of benzene rings is 1. The number of carbonyl (C=O) groups is 1. The van der Waals surface area contributed by atoms with Crippen LogP contribution >= 0.6 is 0 Å². The first-order valence-electron chi connectivity index (χ1n) is 7.16. The number of para-hydroxylation sites is 2. The highest BCUT2D eigenvalue weighted by Gasteiger charge is 2.04. The Balaban J connectivity index is 2.92. The van der Waals surface area contributed by atoms with Gasteiger partial charge < -0.3 is 10.6 Å². The summed E-state index contributed by atoms with van der Waals surface area (Å²) in [5.74, 6) is 0.479. The summed E-state index contributed by atoms with van der Waals surface area (Å²) in [5.41, 5.74) is 3.58. The molecule has 0 aliphatic rings. The molecule has 0 saturated heterocycles. The summed E-state index contributed by atoms with van der Waals surface area (Å²) in [6.45, 7) is 13.3. The van der Waals surface area contributed by atoms with Gasteiger partial charge in [0, 0.05) is 6.20 Å². The second-order valence-electron chi connectivity index (χ2n) is 4.87. The van der Waals surface area contributed by atoms with Crippen molar-refractivity contribution in [2.75, 3.05) is 10.6 Å². The average molecular weight is 297 g/mol. The molecule has 0 aliphatic carbocycles. The van der Waals surface area contributed by atoms with E-state index in [4.69, 9.17) is 0 Å². The van der Waals surface area contributed by atoms with Crippen LogP contribution in [0.15, 0.2) is 65.8 Å². The highest BCUT2D eigenvalue weighted by atomic mass is 16.1. The standard InChI is InChI=1S/C18H23N3O/c1-6-15(13(3)4)12-19-14(5)20-16-10-8-9-11-17(16)21-18(22)7-2/h7-12H,2-3,6H2,1,4-5H3,(H,19,20)(H,21,22)/b15-12-. The normalized spacial score (nSPS) is 11.8. The summed E-state index contributed by atoms with van der Waals surface area (Å²) in [4.78, 5) is 15.8. The molecule has 0 radical (unpaired) electrons. The van der Waals surface area contributed by atoms with Crippen LogP contribution in [0.4, 0.5) is 11.4 Å². The number of nitrogens with zero attached hydrogens (tertiary/aromatic N) is 1. The van der Waals surface area contributed by atoms with Gasteiger partial charge in [0.2, 0.25) is 5.91 Å². The summed E-state index contributed by atoms with van der Waals surface area (Å²) in [5, 5.41) is 5.94. The van der Waals surface area contributed by atoms with Crippen molar-refractivity contribution in [3.63, 3.8) is 0 Å². The molecule has 0 atom stereocenters. The molecule has 1 amide bonds. The predicted molar refractivity (Wildman–Crippen MR) is 95.2 cm³/mol. The summed E-state index contributed by atoms with van der Waals surface area (Å²) in [6, 6.07) is 7.44. The van der Waals surface area contributed by atoms with E-state index in [1.54, 1.807) is 0 Å². The molecule has 0 spiro atoms. The third kappa shape index (κ3) is 5.40. The predicted octanol–water partition coefficient (Wildman–Crippen LogP) is 4.51. The molecule has 0 saturated carbocycles. The van der Waals surface area contributed by atoms with E-state index in [1.165, 1.54) is 6.08 Å². The van der Waals surface area contributed by atoms with Crippen molar-refractivity contribution in [1.82, 2.24) is 0 Å². The Morgan fingerprint density at radius 2 is 1.82 bits per heavy atom. The van der Waals surface area contributed by atoms with Gasteiger partial charge in [0.05, 0.1) is 11.4 Å². The second kappa shape index (κ2) is 8.62. The van der Waals surface area contributed by atoms with Crippen molar-refractivity contribution in [2.45, 2.75) is 27.2 Å². The maximum Gasteiger partial charge on any atom is 0.247 e. The van der Waals surface area contributed by atoms with Crippen LogP contribution in [-0.2, 0) is 4.79 Å². The first-order chi connectivity index (χ1) is 10.5. The summed E-state index contributed by atoms with van der Waals surface area (Å²) < 4.78 is 0. The molecule has 0 heterocycles. The maximum absolute atomic E-state index is 11.4. The van der Waals surface area contributed by atoms with Gasteiger partial charge in [0.15, 0.2) is 0 Å². The van der Waals surface area contributed by atoms with Crippen molar-refractivity contribution >= 4 is 23.1 Å². The van der Waals surface area contributed by atoms with Crippen molar-refractivity contribution in [2.24, 2.45) is 4.99 Å². The Bertz CT molecular complexity index is 627. The average Bonchev–Trinajstić information content (AvgIpc) is 2.49. The fourth-order valence-electron chi connectivity index (χ4n) is 1.79. The number of amides is 1. The number of rotatable bonds is 6. The number of nitrogens with one attached hydrogen (secondary N) is 2. The summed E-state index contributed by atoms with van der Waals surface area (Å²) >= 11 is 0. The molecule has 4 nitrogen and oxygen atoms in total. The van der Waals surface area contributed by atoms with E-state index in [2.05, 4.69) is 35.7 Å². The summed E-state index contributed by atoms with van der Waals surface area (Å²) in [7, 11) is 0. The van der Waals surface area contributed by atoms with Crippen LogP contribution in [0.1, 0.15) is 27.2 Å². The molecule has 1 aromatic carbocycles. The topological polar surface area (TPSA) is 53.5 Å². The van der Waals surface area contributed by atoms with Gasteiger partial charge in [0.1, 0.15) is 5.84 Å². The monoisotopic (exact) mass is 297 g/mol. The van der Waals surface area contributed by atoms with Crippen molar-refractivity contribution in [3.05, 3.63) is 60.8 Å². The maximum atomic E-state index is 11.4. The van der Waals surface area contributed by atoms with Crippen LogP contribution in [0.25, 0.3) is 0 Å². The lowest BCUT2D eigenvalue weighted by molar-refractivity contribution is -0.111. The molecule has 1 rings (SSSR count). The number of hydrogen-bond acceptors (Lipinski definition) is 2. The minimum Gasteiger partial charge on any atom is -0.342 e. The SMILES string of the molecule is C=CC(=O)Nc1ccccc1NC(C)=N/C=C(/CC)C(=C)C. The lowest BCUT2D eigenvalue weighted by Gasteiger charge is -2.11. The minimum absolute atomic E-state index is 0.251. The number of allylic oxidation sites excluding steroid dienone is 2. The van der Waals surface area contributed by atoms with Gasteiger partial charge >= 0.3 is 0 Å². The Kier molecular flexibility index (Phi) is 6.83. The van der Waals surface area contributed by atoms with Crippen molar-refractivity contribution < 1.29 is 4.79 Å². The number of carbonyl (C=O) groups excluding carboxylic acids is 1. The van der Waals surface area contributed by atoms with Crippen LogP contribution in [0.5, 0.6) is 0 Å². The fraction of sp³-hybridized carbons (Fsp3) is 0.222. The first kappa shape index (κ1) is 17.4. The third-order valence-corrected chi connectivity index (χ3v) is 3.03. The number of aliphatic imine (C=N–C) groups is 1. The molecule has 1 aromatic rings. The third-order valence-electron chi connectivity index (χ3n) is 3.03. The Morgan fingerprint density at radius 1 is 1.23 bits per heavy atom. The van der Waals surface area contributed by atoms with E-state index < -0.39 is 0 Å². The largest absolute Gasteiger partial charge is 0.342 e. The van der Waals surface area contributed by atoms with E-state index in [0.29, 0.717) is 5.69 Å². The molecule has 116 valence electrons. The minimum atomic E-state index is -0.251. The van der Waals surface area contributed by atoms with Crippen LogP contribution in [0.3, 0.4) is 0 Å². The van der Waals surface area contributed by atoms with Crippen LogP contribution < -0.4 is 10.6 Å². The molecule has 0 fully saturated rings. The zero-order chi connectivity index (χ0) is 16.5. The first-order valence-corrected chi connectivity index (χ1v) is 7.16.